The van der Waals surface area contributed by atoms with Crippen LogP contribution in [0, 0.1) is 0 Å². The Morgan fingerprint density at radius 1 is 1.32 bits per heavy atom. The molecular formula is C18H20N2O3S2. The molecule has 5 nitrogen and oxygen atoms in total. The van der Waals surface area contributed by atoms with Gasteiger partial charge in [-0.2, -0.15) is 4.99 Å². The first kappa shape index (κ1) is 17.8. The maximum atomic E-state index is 12.3. The predicted molar refractivity (Wildman–Crippen MR) is 101 cm³/mol. The molecule has 25 heavy (non-hydrogen) atoms. The number of benzene rings is 1. The van der Waals surface area contributed by atoms with Crippen LogP contribution in [0.3, 0.4) is 0 Å². The third kappa shape index (κ3) is 4.36. The molecular weight excluding hydrogens is 356 g/mol. The molecule has 0 N–H and O–H groups in total. The van der Waals surface area contributed by atoms with Crippen molar-refractivity contribution in [1.29, 1.82) is 0 Å². The minimum atomic E-state index is -0.133. The van der Waals surface area contributed by atoms with Crippen molar-refractivity contribution in [2.45, 2.75) is 19.9 Å². The topological polar surface area (TPSA) is 52.8 Å². The summed E-state index contributed by atoms with van der Waals surface area (Å²) in [5, 5.41) is 1.97. The molecule has 7 heteroatoms. The van der Waals surface area contributed by atoms with E-state index in [1.54, 1.807) is 18.4 Å². The Bertz CT molecular complexity index is 910. The van der Waals surface area contributed by atoms with Gasteiger partial charge >= 0.3 is 0 Å². The second-order valence-corrected chi connectivity index (χ2v) is 7.37. The second-order valence-electron chi connectivity index (χ2n) is 5.33. The van der Waals surface area contributed by atoms with Gasteiger partial charge in [-0.1, -0.05) is 17.4 Å². The summed E-state index contributed by atoms with van der Waals surface area (Å²) in [6.45, 7) is 3.88. The van der Waals surface area contributed by atoms with Gasteiger partial charge in [-0.25, -0.2) is 0 Å². The lowest BCUT2D eigenvalue weighted by Gasteiger charge is -2.06. The van der Waals surface area contributed by atoms with Gasteiger partial charge in [0.1, 0.15) is 5.75 Å². The number of carbonyl (C=O) groups is 1. The van der Waals surface area contributed by atoms with E-state index in [1.807, 2.05) is 47.2 Å². The molecule has 2 heterocycles. The van der Waals surface area contributed by atoms with Crippen molar-refractivity contribution in [3.05, 3.63) is 45.4 Å². The van der Waals surface area contributed by atoms with Gasteiger partial charge in [0.25, 0.3) is 5.91 Å². The molecule has 0 fully saturated rings. The summed E-state index contributed by atoms with van der Waals surface area (Å²) in [4.78, 5) is 18.4. The van der Waals surface area contributed by atoms with Crippen LogP contribution in [0.2, 0.25) is 0 Å². The number of ether oxygens (including phenoxy) is 2. The van der Waals surface area contributed by atoms with E-state index in [0.29, 0.717) is 31.0 Å². The Morgan fingerprint density at radius 3 is 2.92 bits per heavy atom. The minimum Gasteiger partial charge on any atom is -0.497 e. The zero-order chi connectivity index (χ0) is 17.6. The van der Waals surface area contributed by atoms with Crippen molar-refractivity contribution in [1.82, 2.24) is 4.57 Å². The molecule has 0 atom stereocenters. The molecule has 1 aromatic carbocycles. The van der Waals surface area contributed by atoms with Crippen LogP contribution >= 0.6 is 22.7 Å². The summed E-state index contributed by atoms with van der Waals surface area (Å²) >= 11 is 3.07. The highest BCUT2D eigenvalue weighted by Gasteiger charge is 2.10. The molecule has 3 aromatic rings. The van der Waals surface area contributed by atoms with Crippen LogP contribution in [-0.2, 0) is 22.5 Å². The lowest BCUT2D eigenvalue weighted by Crippen LogP contribution is -2.20. The average Bonchev–Trinajstić information content (AvgIpc) is 3.22. The van der Waals surface area contributed by atoms with Gasteiger partial charge in [-0.3, -0.25) is 4.79 Å². The third-order valence-electron chi connectivity index (χ3n) is 3.68. The zero-order valence-electron chi connectivity index (χ0n) is 14.2. The average molecular weight is 377 g/mol. The molecule has 0 aliphatic heterocycles. The third-order valence-corrected chi connectivity index (χ3v) is 5.60. The summed E-state index contributed by atoms with van der Waals surface area (Å²) in [5.74, 6) is 0.660. The summed E-state index contributed by atoms with van der Waals surface area (Å²) in [7, 11) is 1.65. The molecule has 132 valence electrons. The fraction of sp³-hybridized carbons (Fsp3) is 0.333. The van der Waals surface area contributed by atoms with Gasteiger partial charge in [0.05, 0.1) is 30.4 Å². The maximum absolute atomic E-state index is 12.3. The van der Waals surface area contributed by atoms with Crippen LogP contribution in [0.4, 0.5) is 0 Å². The number of hydrogen-bond donors (Lipinski definition) is 0. The molecule has 0 aliphatic carbocycles. The van der Waals surface area contributed by atoms with Gasteiger partial charge in [0.15, 0.2) is 4.80 Å². The standard InChI is InChI=1S/C18H20N2O3S2/c1-3-23-9-8-20-15-7-6-13(22-2)11-16(15)25-18(20)19-17(21)12-14-5-4-10-24-14/h4-7,10-11H,3,8-9,12H2,1-2H3. The Hall–Kier alpha value is -1.96. The summed E-state index contributed by atoms with van der Waals surface area (Å²) in [6.07, 6.45) is 0.334. The Labute approximate surface area is 154 Å². The van der Waals surface area contributed by atoms with E-state index in [0.717, 1.165) is 20.8 Å². The van der Waals surface area contributed by atoms with Crippen molar-refractivity contribution < 1.29 is 14.3 Å². The number of carbonyl (C=O) groups excluding carboxylic acids is 1. The van der Waals surface area contributed by atoms with Crippen LogP contribution in [0.25, 0.3) is 10.2 Å². The van der Waals surface area contributed by atoms with E-state index in [2.05, 4.69) is 4.99 Å². The highest BCUT2D eigenvalue weighted by atomic mass is 32.1. The summed E-state index contributed by atoms with van der Waals surface area (Å²) in [5.41, 5.74) is 1.04. The fourth-order valence-corrected chi connectivity index (χ4v) is 4.29. The number of amides is 1. The summed E-state index contributed by atoms with van der Waals surface area (Å²) in [6, 6.07) is 9.79. The van der Waals surface area contributed by atoms with Gasteiger partial charge in [0.2, 0.25) is 0 Å². The Kier molecular flexibility index (Phi) is 6.01. The molecule has 0 aliphatic rings. The molecule has 0 radical (unpaired) electrons. The number of fused-ring (bicyclic) bond motifs is 1. The highest BCUT2D eigenvalue weighted by Crippen LogP contribution is 2.23. The SMILES string of the molecule is CCOCCn1c(=NC(=O)Cc2cccs2)sc2cc(OC)ccc21. The van der Waals surface area contributed by atoms with E-state index >= 15 is 0 Å². The highest BCUT2D eigenvalue weighted by molar-refractivity contribution is 7.16. The van der Waals surface area contributed by atoms with E-state index in [4.69, 9.17) is 9.47 Å². The number of rotatable bonds is 7. The second kappa shape index (κ2) is 8.42. The quantitative estimate of drug-likeness (QED) is 0.593. The lowest BCUT2D eigenvalue weighted by molar-refractivity contribution is -0.117. The zero-order valence-corrected chi connectivity index (χ0v) is 15.9. The van der Waals surface area contributed by atoms with Crippen molar-refractivity contribution in [3.8, 4) is 5.75 Å². The first-order valence-electron chi connectivity index (χ1n) is 8.06. The number of thiophene rings is 1. The van der Waals surface area contributed by atoms with Gasteiger partial charge in [0, 0.05) is 18.0 Å². The van der Waals surface area contributed by atoms with Gasteiger partial charge in [-0.15, -0.1) is 11.3 Å². The first-order chi connectivity index (χ1) is 12.2. The van der Waals surface area contributed by atoms with Crippen molar-refractivity contribution in [2.75, 3.05) is 20.3 Å². The molecule has 3 rings (SSSR count). The van der Waals surface area contributed by atoms with E-state index in [1.165, 1.54) is 11.3 Å². The van der Waals surface area contributed by atoms with E-state index < -0.39 is 0 Å². The molecule has 2 aromatic heterocycles. The molecule has 0 unspecified atom stereocenters. The maximum Gasteiger partial charge on any atom is 0.253 e. The number of aromatic nitrogens is 1. The van der Waals surface area contributed by atoms with E-state index in [-0.39, 0.29) is 5.91 Å². The number of methoxy groups -OCH3 is 1. The lowest BCUT2D eigenvalue weighted by atomic mass is 10.3. The van der Waals surface area contributed by atoms with Crippen LogP contribution in [0.15, 0.2) is 40.7 Å². The number of hydrogen-bond acceptors (Lipinski definition) is 5. The number of nitrogens with zero attached hydrogens (tertiary/aromatic N) is 2. The van der Waals surface area contributed by atoms with Gasteiger partial charge < -0.3 is 14.0 Å². The monoisotopic (exact) mass is 376 g/mol. The van der Waals surface area contributed by atoms with Crippen LogP contribution in [0.1, 0.15) is 11.8 Å². The molecule has 0 spiro atoms. The Balaban J connectivity index is 1.97. The summed E-state index contributed by atoms with van der Waals surface area (Å²) < 4.78 is 13.9. The minimum absolute atomic E-state index is 0.133. The molecule has 0 saturated carbocycles. The van der Waals surface area contributed by atoms with Crippen LogP contribution in [-0.4, -0.2) is 30.8 Å². The Morgan fingerprint density at radius 2 is 2.20 bits per heavy atom. The first-order valence-corrected chi connectivity index (χ1v) is 9.76. The largest absolute Gasteiger partial charge is 0.497 e. The van der Waals surface area contributed by atoms with E-state index in [9.17, 15) is 4.79 Å². The molecule has 0 saturated heterocycles. The van der Waals surface area contributed by atoms with Crippen molar-refractivity contribution >= 4 is 38.8 Å². The van der Waals surface area contributed by atoms with Crippen molar-refractivity contribution in [3.63, 3.8) is 0 Å². The number of thiazole rings is 1. The predicted octanol–water partition coefficient (Wildman–Crippen LogP) is 3.48. The normalized spacial score (nSPS) is 12.0. The van der Waals surface area contributed by atoms with Crippen molar-refractivity contribution in [2.24, 2.45) is 4.99 Å². The van der Waals surface area contributed by atoms with Crippen LogP contribution in [0.5, 0.6) is 5.75 Å². The molecule has 1 amide bonds. The van der Waals surface area contributed by atoms with Crippen LogP contribution < -0.4 is 9.54 Å². The fourth-order valence-electron chi connectivity index (χ4n) is 2.49. The molecule has 0 bridgehead atoms. The van der Waals surface area contributed by atoms with Gasteiger partial charge in [-0.05, 0) is 36.6 Å². The smallest absolute Gasteiger partial charge is 0.253 e.